The largest absolute Gasteiger partial charge is 0.481 e. The highest BCUT2D eigenvalue weighted by molar-refractivity contribution is 5.82. The van der Waals surface area contributed by atoms with E-state index in [2.05, 4.69) is 10.2 Å². The smallest absolute Gasteiger partial charge is 0.419 e. The van der Waals surface area contributed by atoms with Gasteiger partial charge in [-0.05, 0) is 118 Å². The van der Waals surface area contributed by atoms with E-state index in [1.165, 1.54) is 13.1 Å². The first-order valence-electron chi connectivity index (χ1n) is 17.5. The van der Waals surface area contributed by atoms with Gasteiger partial charge in [0.2, 0.25) is 5.91 Å². The third-order valence-corrected chi connectivity index (χ3v) is 9.70. The van der Waals surface area contributed by atoms with Gasteiger partial charge >= 0.3 is 12.1 Å². The van der Waals surface area contributed by atoms with Crippen molar-refractivity contribution < 1.29 is 41.0 Å². The highest BCUT2D eigenvalue weighted by Crippen LogP contribution is 2.43. The molecule has 7 nitrogen and oxygen atoms in total. The quantitative estimate of drug-likeness (QED) is 0.162. The van der Waals surface area contributed by atoms with Gasteiger partial charge in [-0.15, -0.1) is 0 Å². The first-order chi connectivity index (χ1) is 24.1. The summed E-state index contributed by atoms with van der Waals surface area (Å²) in [5.74, 6) is -7.84. The van der Waals surface area contributed by atoms with E-state index in [4.69, 9.17) is 0 Å². The highest BCUT2D eigenvalue weighted by atomic mass is 19.4. The SMILES string of the molecule is Cc1cc(C)c(-c2cc(C(F)(F)F)c(F)c([C@H](CC(=O)O)NC(=O)[C@H](CC(C)C)n3cc(CCCN4CCC4)c(C(C)(F)F)cc3=O)c2C)c(C)c1. The minimum absolute atomic E-state index is 0.00342. The van der Waals surface area contributed by atoms with Gasteiger partial charge < -0.3 is 19.9 Å². The van der Waals surface area contributed by atoms with Crippen LogP contribution < -0.4 is 10.9 Å². The van der Waals surface area contributed by atoms with Crippen molar-refractivity contribution in [3.63, 3.8) is 0 Å². The average molecular weight is 736 g/mol. The zero-order valence-electron chi connectivity index (χ0n) is 30.6. The predicted octanol–water partition coefficient (Wildman–Crippen LogP) is 8.58. The number of halogens is 6. The maximum Gasteiger partial charge on any atom is 0.419 e. The van der Waals surface area contributed by atoms with E-state index in [1.807, 2.05) is 6.92 Å². The van der Waals surface area contributed by atoms with E-state index in [1.54, 1.807) is 39.8 Å². The van der Waals surface area contributed by atoms with Crippen molar-refractivity contribution in [3.8, 4) is 11.1 Å². The van der Waals surface area contributed by atoms with E-state index < -0.39 is 70.5 Å². The van der Waals surface area contributed by atoms with Crippen LogP contribution in [-0.2, 0) is 28.1 Å². The molecule has 1 saturated heterocycles. The molecule has 1 aliphatic rings. The number of benzene rings is 2. The van der Waals surface area contributed by atoms with Crippen LogP contribution >= 0.6 is 0 Å². The molecule has 0 unspecified atom stereocenters. The number of alkyl halides is 5. The van der Waals surface area contributed by atoms with Gasteiger partial charge in [-0.3, -0.25) is 14.4 Å². The molecule has 0 aliphatic carbocycles. The summed E-state index contributed by atoms with van der Waals surface area (Å²) in [6.45, 7) is 13.2. The molecule has 1 fully saturated rings. The van der Waals surface area contributed by atoms with Gasteiger partial charge in [0.25, 0.3) is 11.5 Å². The Morgan fingerprint density at radius 1 is 0.962 bits per heavy atom. The number of pyridine rings is 1. The fraction of sp³-hybridized carbons (Fsp3) is 0.513. The van der Waals surface area contributed by atoms with E-state index in [0.29, 0.717) is 42.6 Å². The molecule has 2 heterocycles. The fourth-order valence-corrected chi connectivity index (χ4v) is 7.26. The summed E-state index contributed by atoms with van der Waals surface area (Å²) in [7, 11) is 0. The molecule has 52 heavy (non-hydrogen) atoms. The fourth-order valence-electron chi connectivity index (χ4n) is 7.26. The molecule has 0 radical (unpaired) electrons. The van der Waals surface area contributed by atoms with Gasteiger partial charge in [0.1, 0.15) is 11.9 Å². The van der Waals surface area contributed by atoms with Crippen LogP contribution in [0.3, 0.4) is 0 Å². The number of hydrogen-bond acceptors (Lipinski definition) is 4. The van der Waals surface area contributed by atoms with Crippen molar-refractivity contribution in [3.05, 3.63) is 91.1 Å². The molecule has 0 spiro atoms. The molecule has 284 valence electrons. The summed E-state index contributed by atoms with van der Waals surface area (Å²) < 4.78 is 89.9. The summed E-state index contributed by atoms with van der Waals surface area (Å²) in [6.07, 6.45) is -3.20. The molecular formula is C39H47F6N3O4. The van der Waals surface area contributed by atoms with Crippen LogP contribution in [0.15, 0.2) is 35.3 Å². The van der Waals surface area contributed by atoms with Crippen molar-refractivity contribution in [2.24, 2.45) is 5.92 Å². The monoisotopic (exact) mass is 735 g/mol. The summed E-state index contributed by atoms with van der Waals surface area (Å²) in [5, 5.41) is 12.3. The first kappa shape index (κ1) is 40.6. The molecule has 2 aromatic carbocycles. The van der Waals surface area contributed by atoms with Crippen LogP contribution in [0.5, 0.6) is 0 Å². The summed E-state index contributed by atoms with van der Waals surface area (Å²) in [5.41, 5.74) is -0.976. The summed E-state index contributed by atoms with van der Waals surface area (Å²) >= 11 is 0. The van der Waals surface area contributed by atoms with Crippen LogP contribution in [0.2, 0.25) is 0 Å². The van der Waals surface area contributed by atoms with Gasteiger partial charge in [0.05, 0.1) is 18.0 Å². The lowest BCUT2D eigenvalue weighted by Crippen LogP contribution is -2.41. The number of carbonyl (C=O) groups is 2. The Kier molecular flexibility index (Phi) is 12.4. The summed E-state index contributed by atoms with van der Waals surface area (Å²) in [6, 6.07) is 1.85. The molecule has 4 rings (SSSR count). The van der Waals surface area contributed by atoms with Crippen LogP contribution in [-0.4, -0.2) is 46.1 Å². The van der Waals surface area contributed by atoms with Gasteiger partial charge in [-0.2, -0.15) is 13.2 Å². The van der Waals surface area contributed by atoms with E-state index >= 15 is 4.39 Å². The Balaban J connectivity index is 1.86. The molecule has 1 aliphatic heterocycles. The number of likely N-dealkylation sites (tertiary alicyclic amines) is 1. The average Bonchev–Trinajstić information content (AvgIpc) is 2.96. The lowest BCUT2D eigenvalue weighted by molar-refractivity contribution is -0.140. The van der Waals surface area contributed by atoms with E-state index in [0.717, 1.165) is 35.7 Å². The Hall–Kier alpha value is -4.13. The van der Waals surface area contributed by atoms with Crippen LogP contribution in [0.1, 0.15) is 103 Å². The van der Waals surface area contributed by atoms with Gasteiger partial charge in [0.15, 0.2) is 0 Å². The van der Waals surface area contributed by atoms with Crippen molar-refractivity contribution in [2.45, 2.75) is 105 Å². The number of rotatable bonds is 14. The second-order valence-electron chi connectivity index (χ2n) is 14.5. The second kappa shape index (κ2) is 15.9. The molecule has 1 aromatic heterocycles. The maximum atomic E-state index is 16.2. The minimum Gasteiger partial charge on any atom is -0.481 e. The molecule has 0 bridgehead atoms. The number of carboxylic acids is 1. The molecule has 0 saturated carbocycles. The zero-order valence-corrected chi connectivity index (χ0v) is 30.6. The number of carbonyl (C=O) groups excluding carboxylic acids is 1. The lowest BCUT2D eigenvalue weighted by atomic mass is 9.85. The predicted molar refractivity (Wildman–Crippen MR) is 187 cm³/mol. The van der Waals surface area contributed by atoms with Gasteiger partial charge in [0, 0.05) is 30.3 Å². The Labute approximate surface area is 300 Å². The molecular weight excluding hydrogens is 688 g/mol. The molecule has 2 atom stereocenters. The minimum atomic E-state index is -5.17. The highest BCUT2D eigenvalue weighted by Gasteiger charge is 2.40. The molecule has 13 heteroatoms. The molecule has 3 aromatic rings. The van der Waals surface area contributed by atoms with Crippen molar-refractivity contribution in [1.82, 2.24) is 14.8 Å². The zero-order chi connectivity index (χ0) is 38.9. The summed E-state index contributed by atoms with van der Waals surface area (Å²) in [4.78, 5) is 42.0. The first-order valence-corrected chi connectivity index (χ1v) is 17.5. The maximum absolute atomic E-state index is 16.2. The number of aryl methyl sites for hydroxylation is 4. The van der Waals surface area contributed by atoms with Gasteiger partial charge in [-0.25, -0.2) is 13.2 Å². The lowest BCUT2D eigenvalue weighted by Gasteiger charge is -2.31. The van der Waals surface area contributed by atoms with Crippen LogP contribution in [0.4, 0.5) is 26.3 Å². The second-order valence-corrected chi connectivity index (χ2v) is 14.5. The van der Waals surface area contributed by atoms with Crippen molar-refractivity contribution in [1.29, 1.82) is 0 Å². The van der Waals surface area contributed by atoms with Crippen LogP contribution in [0, 0.1) is 39.4 Å². The van der Waals surface area contributed by atoms with Crippen molar-refractivity contribution in [2.75, 3.05) is 19.6 Å². The Morgan fingerprint density at radius 2 is 1.58 bits per heavy atom. The van der Waals surface area contributed by atoms with Crippen LogP contribution in [0.25, 0.3) is 11.1 Å². The number of carboxylic acid groups (broad SMARTS) is 1. The normalized spacial score (nSPS) is 15.0. The van der Waals surface area contributed by atoms with Gasteiger partial charge in [-0.1, -0.05) is 31.5 Å². The third-order valence-electron chi connectivity index (χ3n) is 9.70. The van der Waals surface area contributed by atoms with E-state index in [9.17, 15) is 41.4 Å². The Bertz CT molecular complexity index is 1850. The number of nitrogens with zero attached hydrogens (tertiary/aromatic N) is 2. The topological polar surface area (TPSA) is 91.6 Å². The number of aromatic nitrogens is 1. The standard InChI is InChI=1S/C39H47F6N3O4/c1-21(2)14-31(48-20-26(10-8-11-47-12-9-13-47)28(18-32(48)49)38(7,41)42)37(52)46-30(19-33(50)51)35-25(6)27(17-29(36(35)40)39(43,44)45)34-23(4)15-22(3)16-24(34)5/h15-18,20-21,30-31H,8-14,19H2,1-7H3,(H,46,52)(H,50,51)/t30-,31-/m0/s1. The number of amides is 1. The third kappa shape index (κ3) is 9.26. The number of nitrogens with one attached hydrogen (secondary N) is 1. The van der Waals surface area contributed by atoms with E-state index in [-0.39, 0.29) is 35.4 Å². The number of aliphatic carboxylic acids is 1. The molecule has 2 N–H and O–H groups in total. The number of hydrogen-bond donors (Lipinski definition) is 2. The van der Waals surface area contributed by atoms with Crippen molar-refractivity contribution >= 4 is 11.9 Å². The molecule has 1 amide bonds. The Morgan fingerprint density at radius 3 is 2.08 bits per heavy atom.